The Kier molecular flexibility index (Phi) is 5.16. The first-order valence-corrected chi connectivity index (χ1v) is 11.1. The summed E-state index contributed by atoms with van der Waals surface area (Å²) in [6.45, 7) is 0. The minimum Gasteiger partial charge on any atom is -0.434 e. The fraction of sp³-hybridized carbons (Fsp3) is 0.0526. The van der Waals surface area contributed by atoms with Gasteiger partial charge in [-0.3, -0.25) is 0 Å². The summed E-state index contributed by atoms with van der Waals surface area (Å²) in [4.78, 5) is 8.38. The second-order valence-electron chi connectivity index (χ2n) is 6.33. The maximum atomic E-state index is 11.7. The number of rotatable bonds is 6. The van der Waals surface area contributed by atoms with Crippen LogP contribution in [0.4, 0.5) is 10.8 Å². The van der Waals surface area contributed by atoms with Crippen LogP contribution in [0.5, 0.6) is 5.06 Å². The van der Waals surface area contributed by atoms with E-state index in [4.69, 9.17) is 15.6 Å². The zero-order valence-corrected chi connectivity index (χ0v) is 17.2. The van der Waals surface area contributed by atoms with Gasteiger partial charge in [-0.15, -0.1) is 0 Å². The van der Waals surface area contributed by atoms with Gasteiger partial charge in [0.05, 0.1) is 11.2 Å². The van der Waals surface area contributed by atoms with Crippen molar-refractivity contribution in [2.24, 2.45) is 10.1 Å². The van der Waals surface area contributed by atoms with Crippen molar-refractivity contribution in [1.82, 2.24) is 10.3 Å². The van der Waals surface area contributed by atoms with Crippen LogP contribution in [0.2, 0.25) is 0 Å². The summed E-state index contributed by atoms with van der Waals surface area (Å²) >= 11 is 1.19. The van der Waals surface area contributed by atoms with Gasteiger partial charge in [0.25, 0.3) is 5.85 Å². The Morgan fingerprint density at radius 1 is 1.13 bits per heavy atom. The highest BCUT2D eigenvalue weighted by molar-refractivity contribution is 7.89. The summed E-state index contributed by atoms with van der Waals surface area (Å²) in [5, 5.41) is 12.2. The maximum absolute atomic E-state index is 11.7. The van der Waals surface area contributed by atoms with Crippen LogP contribution in [0, 0.1) is 0 Å². The SMILES string of the molecule is Nc1nc(-c2ccccc2)c(OC2(Nc3cccc(S(N)(=O)=O)c3)C=CN=CN2)s1. The van der Waals surface area contributed by atoms with Crippen LogP contribution in [-0.4, -0.2) is 25.6 Å². The number of nitrogens with one attached hydrogen (secondary N) is 2. The molecule has 4 rings (SSSR count). The number of aromatic nitrogens is 1. The van der Waals surface area contributed by atoms with Crippen LogP contribution in [0.25, 0.3) is 11.3 Å². The molecule has 0 radical (unpaired) electrons. The van der Waals surface area contributed by atoms with Gasteiger partial charge >= 0.3 is 0 Å². The Balaban J connectivity index is 1.70. The Morgan fingerprint density at radius 2 is 1.93 bits per heavy atom. The zero-order chi connectivity index (χ0) is 21.2. The Hall–Kier alpha value is -3.41. The van der Waals surface area contributed by atoms with Gasteiger partial charge in [-0.05, 0) is 18.2 Å². The summed E-state index contributed by atoms with van der Waals surface area (Å²) in [6.07, 6.45) is 4.67. The maximum Gasteiger partial charge on any atom is 0.283 e. The summed E-state index contributed by atoms with van der Waals surface area (Å²) in [6, 6.07) is 15.6. The van der Waals surface area contributed by atoms with Gasteiger partial charge in [-0.2, -0.15) is 0 Å². The second-order valence-corrected chi connectivity index (χ2v) is 8.88. The number of benzene rings is 2. The second kappa shape index (κ2) is 7.78. The van der Waals surface area contributed by atoms with Crippen molar-refractivity contribution in [2.75, 3.05) is 11.1 Å². The number of thiazole rings is 1. The normalized spacial score (nSPS) is 18.0. The molecule has 2 aromatic carbocycles. The topological polar surface area (TPSA) is 145 Å². The predicted octanol–water partition coefficient (Wildman–Crippen LogP) is 2.33. The molecule has 6 N–H and O–H groups in total. The van der Waals surface area contributed by atoms with E-state index >= 15 is 0 Å². The first-order chi connectivity index (χ1) is 14.3. The lowest BCUT2D eigenvalue weighted by molar-refractivity contribution is 0.140. The van der Waals surface area contributed by atoms with Gasteiger partial charge in [-0.25, -0.2) is 23.5 Å². The lowest BCUT2D eigenvalue weighted by Crippen LogP contribution is -2.55. The molecular weight excluding hydrogens is 424 g/mol. The zero-order valence-electron chi connectivity index (χ0n) is 15.5. The van der Waals surface area contributed by atoms with E-state index in [1.807, 2.05) is 30.3 Å². The van der Waals surface area contributed by atoms with Crippen molar-refractivity contribution in [2.45, 2.75) is 10.7 Å². The quantitative estimate of drug-likeness (QED) is 0.429. The Bertz CT molecular complexity index is 1220. The van der Waals surface area contributed by atoms with Crippen LogP contribution >= 0.6 is 11.3 Å². The minimum atomic E-state index is -3.85. The molecule has 2 heterocycles. The highest BCUT2D eigenvalue weighted by Gasteiger charge is 2.32. The van der Waals surface area contributed by atoms with Gasteiger partial charge in [-0.1, -0.05) is 47.7 Å². The van der Waals surface area contributed by atoms with Gasteiger partial charge < -0.3 is 21.1 Å². The molecule has 0 fully saturated rings. The van der Waals surface area contributed by atoms with Crippen LogP contribution in [0.1, 0.15) is 0 Å². The number of hydrogen-bond acceptors (Lipinski definition) is 9. The molecule has 0 spiro atoms. The number of hydrogen-bond donors (Lipinski definition) is 4. The number of nitrogens with zero attached hydrogens (tertiary/aromatic N) is 2. The van der Waals surface area contributed by atoms with E-state index in [1.165, 1.54) is 29.8 Å². The van der Waals surface area contributed by atoms with E-state index < -0.39 is 15.9 Å². The van der Waals surface area contributed by atoms with E-state index in [9.17, 15) is 8.42 Å². The predicted molar refractivity (Wildman–Crippen MR) is 118 cm³/mol. The molecule has 11 heteroatoms. The number of sulfonamides is 1. The van der Waals surface area contributed by atoms with E-state index in [-0.39, 0.29) is 4.90 Å². The fourth-order valence-electron chi connectivity index (χ4n) is 2.82. The van der Waals surface area contributed by atoms with Crippen LogP contribution in [-0.2, 0) is 10.0 Å². The molecule has 154 valence electrons. The van der Waals surface area contributed by atoms with Crippen molar-refractivity contribution in [3.63, 3.8) is 0 Å². The van der Waals surface area contributed by atoms with Crippen molar-refractivity contribution < 1.29 is 13.2 Å². The number of ether oxygens (including phenoxy) is 1. The van der Waals surface area contributed by atoms with Crippen LogP contribution < -0.4 is 26.2 Å². The molecule has 0 saturated carbocycles. The van der Waals surface area contributed by atoms with Gasteiger partial charge in [0.1, 0.15) is 5.69 Å². The average Bonchev–Trinajstić information content (AvgIpc) is 3.08. The molecule has 3 aromatic rings. The lowest BCUT2D eigenvalue weighted by Gasteiger charge is -2.33. The molecule has 1 aliphatic rings. The summed E-state index contributed by atoms with van der Waals surface area (Å²) in [5.74, 6) is -1.26. The minimum absolute atomic E-state index is 0.0249. The van der Waals surface area contributed by atoms with Crippen LogP contribution in [0.15, 0.2) is 76.8 Å². The molecule has 0 aliphatic carbocycles. The smallest absolute Gasteiger partial charge is 0.283 e. The number of nitrogen functional groups attached to an aromatic ring is 1. The number of anilines is 2. The largest absolute Gasteiger partial charge is 0.434 e. The highest BCUT2D eigenvalue weighted by atomic mass is 32.2. The molecule has 30 heavy (non-hydrogen) atoms. The molecule has 0 saturated heterocycles. The molecule has 9 nitrogen and oxygen atoms in total. The standard InChI is InChI=1S/C19H18N6O3S2/c20-18-24-16(13-5-2-1-3-6-13)17(29-18)28-19(9-10-22-12-23-19)25-14-7-4-8-15(11-14)30(21,26)27/h1-12,25H,(H2,20,24)(H,22,23)(H2,21,26,27). The third kappa shape index (κ3) is 4.27. The number of primary sulfonamides is 1. The Labute approximate surface area is 177 Å². The van der Waals surface area contributed by atoms with Crippen molar-refractivity contribution in [3.8, 4) is 16.3 Å². The molecule has 0 amide bonds. The van der Waals surface area contributed by atoms with Crippen LogP contribution in [0.3, 0.4) is 0 Å². The van der Waals surface area contributed by atoms with Gasteiger partial charge in [0.2, 0.25) is 15.1 Å². The van der Waals surface area contributed by atoms with E-state index in [1.54, 1.807) is 24.4 Å². The Morgan fingerprint density at radius 3 is 2.63 bits per heavy atom. The van der Waals surface area contributed by atoms with Crippen molar-refractivity contribution >= 4 is 38.5 Å². The molecule has 1 atom stereocenters. The monoisotopic (exact) mass is 442 g/mol. The first kappa shape index (κ1) is 19.9. The molecule has 0 bridgehead atoms. The molecule has 1 aliphatic heterocycles. The molecule has 1 aromatic heterocycles. The van der Waals surface area contributed by atoms with Crippen molar-refractivity contribution in [3.05, 3.63) is 66.9 Å². The van der Waals surface area contributed by atoms with E-state index in [0.717, 1.165) is 5.56 Å². The van der Waals surface area contributed by atoms with E-state index in [2.05, 4.69) is 20.6 Å². The first-order valence-electron chi connectivity index (χ1n) is 8.73. The molecular formula is C19H18N6O3S2. The van der Waals surface area contributed by atoms with Gasteiger partial charge in [0.15, 0.2) is 5.13 Å². The number of aliphatic imine (C=N–C) groups is 1. The number of nitrogens with two attached hydrogens (primary N) is 2. The highest BCUT2D eigenvalue weighted by Crippen LogP contribution is 2.39. The van der Waals surface area contributed by atoms with E-state index in [0.29, 0.717) is 21.6 Å². The summed E-state index contributed by atoms with van der Waals surface area (Å²) in [7, 11) is -3.85. The third-order valence-electron chi connectivity index (χ3n) is 4.15. The fourth-order valence-corrected chi connectivity index (χ4v) is 4.14. The summed E-state index contributed by atoms with van der Waals surface area (Å²) < 4.78 is 29.7. The summed E-state index contributed by atoms with van der Waals surface area (Å²) in [5.41, 5.74) is 7.85. The van der Waals surface area contributed by atoms with Gasteiger partial charge in [0, 0.05) is 23.5 Å². The molecule has 1 unspecified atom stereocenters. The third-order valence-corrected chi connectivity index (χ3v) is 5.83. The lowest BCUT2D eigenvalue weighted by atomic mass is 10.2. The van der Waals surface area contributed by atoms with Crippen molar-refractivity contribution in [1.29, 1.82) is 0 Å². The average molecular weight is 443 g/mol.